The number of methoxy groups -OCH3 is 2. The minimum absolute atomic E-state index is 0.0951. The van der Waals surface area contributed by atoms with E-state index in [0.29, 0.717) is 17.2 Å². The first-order valence-electron chi connectivity index (χ1n) is 8.00. The van der Waals surface area contributed by atoms with Crippen LogP contribution in [0.3, 0.4) is 0 Å². The van der Waals surface area contributed by atoms with E-state index in [1.54, 1.807) is 44.5 Å². The highest BCUT2D eigenvalue weighted by Crippen LogP contribution is 2.30. The van der Waals surface area contributed by atoms with Gasteiger partial charge in [-0.3, -0.25) is 4.79 Å². The Morgan fingerprint density at radius 1 is 1.30 bits per heavy atom. The van der Waals surface area contributed by atoms with Gasteiger partial charge in [0.1, 0.15) is 11.6 Å². The van der Waals surface area contributed by atoms with Crippen molar-refractivity contribution in [3.05, 3.63) is 59.0 Å². The Hall–Kier alpha value is -3.24. The van der Waals surface area contributed by atoms with Gasteiger partial charge in [0.05, 0.1) is 25.9 Å². The minimum Gasteiger partial charge on any atom is -0.493 e. The zero-order valence-electron chi connectivity index (χ0n) is 15.1. The van der Waals surface area contributed by atoms with Crippen LogP contribution in [0.4, 0.5) is 5.69 Å². The smallest absolute Gasteiger partial charge is 0.263 e. The fourth-order valence-corrected chi connectivity index (χ4v) is 2.45. The quantitative estimate of drug-likeness (QED) is 0.430. The molecule has 0 saturated heterocycles. The van der Waals surface area contributed by atoms with Crippen molar-refractivity contribution in [2.24, 2.45) is 0 Å². The summed E-state index contributed by atoms with van der Waals surface area (Å²) in [5, 5.41) is 15.1. The third-order valence-electron chi connectivity index (χ3n) is 3.75. The number of nitrogens with zero attached hydrogens (tertiary/aromatic N) is 2. The lowest BCUT2D eigenvalue weighted by molar-refractivity contribution is -0.117. The lowest BCUT2D eigenvalue weighted by atomic mass is 10.1. The minimum atomic E-state index is -0.521. The number of hydrogen-bond acceptors (Lipinski definition) is 6. The van der Waals surface area contributed by atoms with Gasteiger partial charge >= 0.3 is 0 Å². The standard InChI is InChI=1S/C19H19ClN4O3/c1-12(13-6-7-16(26-2)17(9-13)27-3)24-19(25)14(10-21)11-23-15-5-4-8-22-18(15)20/h4-9,11-12,23H,1-3H3,(H,24,25)/b14-11-. The van der Waals surface area contributed by atoms with Crippen LogP contribution in [0.1, 0.15) is 18.5 Å². The number of aromatic nitrogens is 1. The average Bonchev–Trinajstić information content (AvgIpc) is 2.69. The first-order valence-corrected chi connectivity index (χ1v) is 8.38. The van der Waals surface area contributed by atoms with Crippen LogP contribution < -0.4 is 20.1 Å². The van der Waals surface area contributed by atoms with Crippen molar-refractivity contribution >= 4 is 23.2 Å². The van der Waals surface area contributed by atoms with Crippen LogP contribution in [-0.4, -0.2) is 25.1 Å². The van der Waals surface area contributed by atoms with Gasteiger partial charge in [0, 0.05) is 12.4 Å². The van der Waals surface area contributed by atoms with Crippen LogP contribution in [0.2, 0.25) is 5.15 Å². The number of anilines is 1. The molecule has 0 bridgehead atoms. The first-order chi connectivity index (χ1) is 13.0. The number of benzene rings is 1. The molecule has 0 saturated carbocycles. The summed E-state index contributed by atoms with van der Waals surface area (Å²) in [6.45, 7) is 1.81. The molecule has 2 rings (SSSR count). The Bertz CT molecular complexity index is 893. The summed E-state index contributed by atoms with van der Waals surface area (Å²) >= 11 is 5.94. The van der Waals surface area contributed by atoms with Gasteiger partial charge in [-0.15, -0.1) is 0 Å². The van der Waals surface area contributed by atoms with Crippen molar-refractivity contribution in [1.29, 1.82) is 5.26 Å². The molecule has 1 aromatic heterocycles. The van der Waals surface area contributed by atoms with Crippen molar-refractivity contribution in [2.75, 3.05) is 19.5 Å². The molecule has 0 aliphatic heterocycles. The maximum absolute atomic E-state index is 12.4. The number of rotatable bonds is 7. The fourth-order valence-electron chi connectivity index (χ4n) is 2.27. The molecule has 140 valence electrons. The highest BCUT2D eigenvalue weighted by Gasteiger charge is 2.16. The number of ether oxygens (including phenoxy) is 2. The molecular formula is C19H19ClN4O3. The predicted molar refractivity (Wildman–Crippen MR) is 103 cm³/mol. The van der Waals surface area contributed by atoms with Gasteiger partial charge in [-0.05, 0) is 36.8 Å². The van der Waals surface area contributed by atoms with E-state index in [4.69, 9.17) is 21.1 Å². The Balaban J connectivity index is 2.11. The largest absolute Gasteiger partial charge is 0.493 e. The van der Waals surface area contributed by atoms with E-state index in [-0.39, 0.29) is 16.8 Å². The first kappa shape index (κ1) is 20.1. The molecule has 1 aromatic carbocycles. The van der Waals surface area contributed by atoms with Crippen LogP contribution in [0.25, 0.3) is 0 Å². The second-order valence-electron chi connectivity index (χ2n) is 5.47. The molecule has 1 heterocycles. The number of hydrogen-bond donors (Lipinski definition) is 2. The summed E-state index contributed by atoms with van der Waals surface area (Å²) in [5.41, 5.74) is 1.21. The van der Waals surface area contributed by atoms with Crippen LogP contribution in [0.5, 0.6) is 11.5 Å². The Labute approximate surface area is 162 Å². The van der Waals surface area contributed by atoms with E-state index in [0.717, 1.165) is 5.56 Å². The van der Waals surface area contributed by atoms with Crippen molar-refractivity contribution < 1.29 is 14.3 Å². The normalized spacial score (nSPS) is 11.9. The van der Waals surface area contributed by atoms with Gasteiger partial charge in [-0.2, -0.15) is 5.26 Å². The highest BCUT2D eigenvalue weighted by atomic mass is 35.5. The Morgan fingerprint density at radius 2 is 2.04 bits per heavy atom. The molecule has 2 aromatic rings. The molecular weight excluding hydrogens is 368 g/mol. The molecule has 1 unspecified atom stereocenters. The van der Waals surface area contributed by atoms with Gasteiger partial charge in [0.25, 0.3) is 5.91 Å². The third-order valence-corrected chi connectivity index (χ3v) is 4.05. The Kier molecular flexibility index (Phi) is 7.03. The van der Waals surface area contributed by atoms with E-state index >= 15 is 0 Å². The van der Waals surface area contributed by atoms with Crippen LogP contribution in [-0.2, 0) is 4.79 Å². The number of pyridine rings is 1. The molecule has 27 heavy (non-hydrogen) atoms. The second kappa shape index (κ2) is 9.46. The fraction of sp³-hybridized carbons (Fsp3) is 0.211. The molecule has 0 aliphatic rings. The molecule has 0 radical (unpaired) electrons. The van der Waals surface area contributed by atoms with E-state index in [9.17, 15) is 10.1 Å². The van der Waals surface area contributed by atoms with Gasteiger partial charge < -0.3 is 20.1 Å². The summed E-state index contributed by atoms with van der Waals surface area (Å²) in [6, 6.07) is 10.2. The zero-order valence-corrected chi connectivity index (χ0v) is 15.9. The summed E-state index contributed by atoms with van der Waals surface area (Å²) in [6.07, 6.45) is 2.83. The number of carbonyl (C=O) groups excluding carboxylic acids is 1. The molecule has 0 fully saturated rings. The second-order valence-corrected chi connectivity index (χ2v) is 5.82. The average molecular weight is 387 g/mol. The molecule has 7 nitrogen and oxygen atoms in total. The molecule has 0 spiro atoms. The highest BCUT2D eigenvalue weighted by molar-refractivity contribution is 6.32. The molecule has 8 heteroatoms. The molecule has 0 aliphatic carbocycles. The van der Waals surface area contributed by atoms with Gasteiger partial charge in [0.2, 0.25) is 0 Å². The summed E-state index contributed by atoms with van der Waals surface area (Å²) in [5.74, 6) is 0.627. The predicted octanol–water partition coefficient (Wildman–Crippen LogP) is 3.45. The zero-order chi connectivity index (χ0) is 19.8. The summed E-state index contributed by atoms with van der Waals surface area (Å²) in [7, 11) is 3.09. The lowest BCUT2D eigenvalue weighted by Gasteiger charge is -2.16. The number of halogens is 1. The van der Waals surface area contributed by atoms with E-state index < -0.39 is 5.91 Å². The van der Waals surface area contributed by atoms with Gasteiger partial charge in [0.15, 0.2) is 16.7 Å². The number of carbonyl (C=O) groups is 1. The van der Waals surface area contributed by atoms with Crippen LogP contribution in [0, 0.1) is 11.3 Å². The number of nitriles is 1. The number of nitrogens with one attached hydrogen (secondary N) is 2. The van der Waals surface area contributed by atoms with Crippen LogP contribution in [0.15, 0.2) is 48.3 Å². The summed E-state index contributed by atoms with van der Waals surface area (Å²) < 4.78 is 10.5. The van der Waals surface area contributed by atoms with Crippen LogP contribution >= 0.6 is 11.6 Å². The maximum atomic E-state index is 12.4. The van der Waals surface area contributed by atoms with Crippen molar-refractivity contribution in [3.63, 3.8) is 0 Å². The SMILES string of the molecule is COc1ccc(C(C)NC(=O)/C(C#N)=C\Nc2cccnc2Cl)cc1OC. The monoisotopic (exact) mass is 386 g/mol. The molecule has 1 atom stereocenters. The van der Waals surface area contributed by atoms with E-state index in [2.05, 4.69) is 15.6 Å². The van der Waals surface area contributed by atoms with Crippen molar-refractivity contribution in [1.82, 2.24) is 10.3 Å². The maximum Gasteiger partial charge on any atom is 0.263 e. The van der Waals surface area contributed by atoms with Crippen molar-refractivity contribution in [3.8, 4) is 17.6 Å². The van der Waals surface area contributed by atoms with Gasteiger partial charge in [-0.25, -0.2) is 4.98 Å². The van der Waals surface area contributed by atoms with E-state index in [1.165, 1.54) is 13.3 Å². The lowest BCUT2D eigenvalue weighted by Crippen LogP contribution is -2.28. The number of amides is 1. The van der Waals surface area contributed by atoms with Crippen molar-refractivity contribution in [2.45, 2.75) is 13.0 Å². The third kappa shape index (κ3) is 5.12. The van der Waals surface area contributed by atoms with Gasteiger partial charge in [-0.1, -0.05) is 17.7 Å². The summed E-state index contributed by atoms with van der Waals surface area (Å²) in [4.78, 5) is 16.3. The molecule has 1 amide bonds. The topological polar surface area (TPSA) is 96.3 Å². The Morgan fingerprint density at radius 3 is 2.67 bits per heavy atom. The van der Waals surface area contributed by atoms with E-state index in [1.807, 2.05) is 12.1 Å². The molecule has 2 N–H and O–H groups in total.